The van der Waals surface area contributed by atoms with E-state index in [9.17, 15) is 9.59 Å². The highest BCUT2D eigenvalue weighted by Crippen LogP contribution is 1.94. The van der Waals surface area contributed by atoms with Crippen molar-refractivity contribution in [3.8, 4) is 12.3 Å². The maximum absolute atomic E-state index is 10.7. The molecule has 0 heterocycles. The molecule has 0 aliphatic carbocycles. The molecular formula is C12H14N2O4. The van der Waals surface area contributed by atoms with Crippen LogP contribution in [0.5, 0.6) is 0 Å². The first-order valence-corrected chi connectivity index (χ1v) is 5.01. The Hall–Kier alpha value is -2.60. The van der Waals surface area contributed by atoms with Gasteiger partial charge in [0.15, 0.2) is 0 Å². The number of nitriles is 2. The van der Waals surface area contributed by atoms with Gasteiger partial charge in [-0.3, -0.25) is 0 Å². The Morgan fingerprint density at radius 3 is 2.33 bits per heavy atom. The smallest absolute Gasteiger partial charge is 0.348 e. The van der Waals surface area contributed by atoms with E-state index in [0.717, 1.165) is 18.9 Å². The van der Waals surface area contributed by atoms with Crippen LogP contribution in [0.4, 0.5) is 0 Å². The molecule has 0 fully saturated rings. The molecule has 0 aromatic heterocycles. The van der Waals surface area contributed by atoms with Crippen molar-refractivity contribution in [2.24, 2.45) is 0 Å². The standard InChI is InChI=1S/C8H11NO2.C4H3NO2/c1-3-4-5-11-8(10)7(2)6-9;1-2-4(6)7-3-5/h2-5H2,1H3;2H,1H2. The molecule has 18 heavy (non-hydrogen) atoms. The third kappa shape index (κ3) is 11.5. The monoisotopic (exact) mass is 250 g/mol. The van der Waals surface area contributed by atoms with Gasteiger partial charge in [-0.2, -0.15) is 5.26 Å². The summed E-state index contributed by atoms with van der Waals surface area (Å²) < 4.78 is 8.41. The first-order valence-electron chi connectivity index (χ1n) is 5.01. The summed E-state index contributed by atoms with van der Waals surface area (Å²) in [5.74, 6) is -1.33. The van der Waals surface area contributed by atoms with Gasteiger partial charge in [0.05, 0.1) is 6.61 Å². The van der Waals surface area contributed by atoms with E-state index in [4.69, 9.17) is 10.5 Å². The molecule has 0 amide bonds. The molecule has 0 bridgehead atoms. The van der Waals surface area contributed by atoms with Crippen molar-refractivity contribution in [3.63, 3.8) is 0 Å². The summed E-state index contributed by atoms with van der Waals surface area (Å²) in [6, 6.07) is 1.62. The fourth-order valence-electron chi connectivity index (χ4n) is 0.529. The summed E-state index contributed by atoms with van der Waals surface area (Å²) in [6.45, 7) is 8.63. The highest BCUT2D eigenvalue weighted by atomic mass is 16.5. The summed E-state index contributed by atoms with van der Waals surface area (Å²) in [7, 11) is 0. The van der Waals surface area contributed by atoms with Crippen LogP contribution >= 0.6 is 0 Å². The van der Waals surface area contributed by atoms with E-state index in [2.05, 4.69) is 22.6 Å². The van der Waals surface area contributed by atoms with Gasteiger partial charge in [-0.15, -0.1) is 5.26 Å². The minimum atomic E-state index is -0.720. The van der Waals surface area contributed by atoms with E-state index in [-0.39, 0.29) is 5.57 Å². The van der Waals surface area contributed by atoms with Gasteiger partial charge in [0.2, 0.25) is 0 Å². The van der Waals surface area contributed by atoms with Crippen LogP contribution in [0.15, 0.2) is 24.8 Å². The van der Waals surface area contributed by atoms with Crippen molar-refractivity contribution in [1.29, 1.82) is 10.5 Å². The molecule has 6 nitrogen and oxygen atoms in total. The molecule has 0 aromatic rings. The minimum absolute atomic E-state index is 0.138. The van der Waals surface area contributed by atoms with Crippen LogP contribution < -0.4 is 0 Å². The average Bonchev–Trinajstić information content (AvgIpc) is 2.38. The quantitative estimate of drug-likeness (QED) is 0.241. The van der Waals surface area contributed by atoms with Crippen LogP contribution in [-0.4, -0.2) is 18.5 Å². The molecule has 0 saturated heterocycles. The Bertz CT molecular complexity index is 388. The highest BCUT2D eigenvalue weighted by molar-refractivity contribution is 5.91. The van der Waals surface area contributed by atoms with Crippen LogP contribution in [0, 0.1) is 22.8 Å². The third-order valence-electron chi connectivity index (χ3n) is 1.43. The second-order valence-corrected chi connectivity index (χ2v) is 2.80. The molecule has 0 aliphatic rings. The fourth-order valence-corrected chi connectivity index (χ4v) is 0.529. The molecule has 96 valence electrons. The summed E-state index contributed by atoms with van der Waals surface area (Å²) >= 11 is 0. The fraction of sp³-hybridized carbons (Fsp3) is 0.333. The summed E-state index contributed by atoms with van der Waals surface area (Å²) in [5.41, 5.74) is -0.138. The highest BCUT2D eigenvalue weighted by Gasteiger charge is 2.05. The number of carbonyl (C=O) groups excluding carboxylic acids is 2. The Morgan fingerprint density at radius 2 is 2.00 bits per heavy atom. The Balaban J connectivity index is 0. The van der Waals surface area contributed by atoms with Crippen LogP contribution in [0.2, 0.25) is 0 Å². The zero-order valence-corrected chi connectivity index (χ0v) is 10.1. The Labute approximate surface area is 106 Å². The number of hydrogen-bond donors (Lipinski definition) is 0. The van der Waals surface area contributed by atoms with Gasteiger partial charge in [-0.1, -0.05) is 26.5 Å². The predicted molar refractivity (Wildman–Crippen MR) is 62.5 cm³/mol. The topological polar surface area (TPSA) is 100 Å². The second-order valence-electron chi connectivity index (χ2n) is 2.80. The van der Waals surface area contributed by atoms with E-state index < -0.39 is 11.9 Å². The molecule has 0 aromatic carbocycles. The van der Waals surface area contributed by atoms with Gasteiger partial charge in [0, 0.05) is 6.08 Å². The molecule has 6 heteroatoms. The molecule has 0 N–H and O–H groups in total. The third-order valence-corrected chi connectivity index (χ3v) is 1.43. The number of esters is 2. The van der Waals surface area contributed by atoms with Gasteiger partial charge in [0.1, 0.15) is 11.6 Å². The van der Waals surface area contributed by atoms with Crippen molar-refractivity contribution in [1.82, 2.24) is 0 Å². The van der Waals surface area contributed by atoms with Gasteiger partial charge >= 0.3 is 11.9 Å². The van der Waals surface area contributed by atoms with Crippen molar-refractivity contribution in [2.45, 2.75) is 19.8 Å². The average molecular weight is 250 g/mol. The SMILES string of the molecule is C=C(C#N)C(=O)OCCCC.C=CC(=O)OC#N. The van der Waals surface area contributed by atoms with E-state index in [1.165, 1.54) is 6.26 Å². The normalized spacial score (nSPS) is 7.50. The van der Waals surface area contributed by atoms with Gasteiger partial charge in [-0.25, -0.2) is 9.59 Å². The molecule has 0 atom stereocenters. The summed E-state index contributed by atoms with van der Waals surface area (Å²) in [6.07, 6.45) is 3.91. The van der Waals surface area contributed by atoms with Crippen LogP contribution in [0.3, 0.4) is 0 Å². The van der Waals surface area contributed by atoms with Crippen molar-refractivity contribution < 1.29 is 19.1 Å². The zero-order valence-electron chi connectivity index (χ0n) is 10.1. The van der Waals surface area contributed by atoms with Gasteiger partial charge < -0.3 is 9.47 Å². The minimum Gasteiger partial charge on any atom is -0.462 e. The lowest BCUT2D eigenvalue weighted by molar-refractivity contribution is -0.138. The second kappa shape index (κ2) is 12.5. The first kappa shape index (κ1) is 17.8. The lowest BCUT2D eigenvalue weighted by Gasteiger charge is -1.99. The Kier molecular flexibility index (Phi) is 12.3. The molecule has 0 unspecified atom stereocenters. The maximum Gasteiger partial charge on any atom is 0.348 e. The molecule has 0 radical (unpaired) electrons. The maximum atomic E-state index is 10.7. The largest absolute Gasteiger partial charge is 0.462 e. The van der Waals surface area contributed by atoms with Crippen molar-refractivity contribution >= 4 is 11.9 Å². The summed E-state index contributed by atoms with van der Waals surface area (Å²) in [5, 5.41) is 15.8. The number of unbranched alkanes of at least 4 members (excludes halogenated alkanes) is 1. The van der Waals surface area contributed by atoms with E-state index in [0.29, 0.717) is 6.61 Å². The lowest BCUT2D eigenvalue weighted by atomic mass is 10.3. The van der Waals surface area contributed by atoms with Crippen LogP contribution in [0.25, 0.3) is 0 Å². The van der Waals surface area contributed by atoms with Crippen LogP contribution in [-0.2, 0) is 19.1 Å². The molecule has 0 rings (SSSR count). The number of rotatable bonds is 5. The number of hydrogen-bond acceptors (Lipinski definition) is 6. The van der Waals surface area contributed by atoms with E-state index >= 15 is 0 Å². The number of nitrogens with zero attached hydrogens (tertiary/aromatic N) is 2. The van der Waals surface area contributed by atoms with Crippen LogP contribution in [0.1, 0.15) is 19.8 Å². The van der Waals surface area contributed by atoms with E-state index in [1.54, 1.807) is 6.07 Å². The van der Waals surface area contributed by atoms with Crippen molar-refractivity contribution in [3.05, 3.63) is 24.8 Å². The number of carbonyl (C=O) groups is 2. The predicted octanol–water partition coefficient (Wildman–Crippen LogP) is 1.61. The van der Waals surface area contributed by atoms with Crippen molar-refractivity contribution in [2.75, 3.05) is 6.61 Å². The lowest BCUT2D eigenvalue weighted by Crippen LogP contribution is -2.06. The van der Waals surface area contributed by atoms with Gasteiger partial charge in [-0.05, 0) is 6.42 Å². The number of ether oxygens (including phenoxy) is 2. The first-order chi connectivity index (χ1) is 8.53. The molecular weight excluding hydrogens is 236 g/mol. The molecule has 0 saturated carbocycles. The molecule has 0 spiro atoms. The Morgan fingerprint density at radius 1 is 1.39 bits per heavy atom. The molecule has 0 aliphatic heterocycles. The van der Waals surface area contributed by atoms with Gasteiger partial charge in [0.25, 0.3) is 6.26 Å². The zero-order chi connectivity index (χ0) is 14.4. The van der Waals surface area contributed by atoms with E-state index in [1.807, 2.05) is 6.92 Å². The summed E-state index contributed by atoms with van der Waals surface area (Å²) in [4.78, 5) is 20.6.